The van der Waals surface area contributed by atoms with Crippen molar-refractivity contribution in [3.05, 3.63) is 363 Å². The summed E-state index contributed by atoms with van der Waals surface area (Å²) in [5.74, 6) is 0. The van der Waals surface area contributed by atoms with Gasteiger partial charge in [-0.05, 0) is 205 Å². The Labute approximate surface area is 620 Å². The molecule has 3 nitrogen and oxygen atoms in total. The first-order chi connectivity index (χ1) is 51.8. The highest BCUT2D eigenvalue weighted by Crippen LogP contribution is 2.56. The Balaban J connectivity index is 0.942. The molecular weight excluding hydrogens is 1280 g/mol. The minimum atomic E-state index is -0.340. The van der Waals surface area contributed by atoms with Gasteiger partial charge in [-0.1, -0.05) is 315 Å². The maximum absolute atomic E-state index is 2.73. The number of rotatable bonds is 10. The fraction of sp³-hybridized carbons (Fsp3) is 0.0784. The van der Waals surface area contributed by atoms with E-state index in [1.54, 1.807) is 0 Å². The molecule has 0 spiro atoms. The first kappa shape index (κ1) is 63.0. The fourth-order valence-electron chi connectivity index (χ4n) is 17.5. The Kier molecular flexibility index (Phi) is 14.5. The third kappa shape index (κ3) is 10.3. The Morgan fingerprint density at radius 2 is 0.575 bits per heavy atom. The molecule has 20 rings (SSSR count). The van der Waals surface area contributed by atoms with Crippen LogP contribution in [0, 0.1) is 0 Å². The zero-order valence-corrected chi connectivity index (χ0v) is 60.4. The molecule has 2 aliphatic rings. The van der Waals surface area contributed by atoms with E-state index in [-0.39, 0.29) is 17.5 Å². The SMILES string of the molecule is CC(C)(C)c1cc2c3c(c1)N(c1c(-c4ccccc4)cc(-c4ccccc4)cc1-c1ccccc1)c1cc(-n4c5ccccc5c5ccccc54)ccc1B3c1ccc(-c3cc4ccc5cc(C(C)(C)C)cc6ccc(c3)c4c56)cc1N2c1c(-c2ccccc2)cc(-c2ccccc2)cc1-c1ccccc1. The van der Waals surface area contributed by atoms with E-state index in [0.29, 0.717) is 0 Å². The van der Waals surface area contributed by atoms with Crippen molar-refractivity contribution in [2.45, 2.75) is 52.4 Å². The maximum Gasteiger partial charge on any atom is 0.252 e. The van der Waals surface area contributed by atoms with E-state index in [2.05, 4.69) is 408 Å². The lowest BCUT2D eigenvalue weighted by Crippen LogP contribution is -2.61. The summed E-state index contributed by atoms with van der Waals surface area (Å²) in [5, 5.41) is 10.2. The summed E-state index contributed by atoms with van der Waals surface area (Å²) in [4.78, 5) is 5.45. The third-order valence-electron chi connectivity index (χ3n) is 22.7. The minimum Gasteiger partial charge on any atom is -0.310 e. The summed E-state index contributed by atoms with van der Waals surface area (Å²) >= 11 is 0. The number of fused-ring (bicyclic) bond motifs is 7. The molecule has 4 heteroatoms. The van der Waals surface area contributed by atoms with Crippen molar-refractivity contribution in [1.29, 1.82) is 0 Å². The Hall–Kier alpha value is -12.8. The normalized spacial score (nSPS) is 12.8. The van der Waals surface area contributed by atoms with Crippen LogP contribution in [-0.2, 0) is 10.8 Å². The van der Waals surface area contributed by atoms with Crippen molar-refractivity contribution < 1.29 is 0 Å². The van der Waals surface area contributed by atoms with Crippen LogP contribution in [0.15, 0.2) is 352 Å². The van der Waals surface area contributed by atoms with E-state index in [4.69, 9.17) is 0 Å². The van der Waals surface area contributed by atoms with Crippen LogP contribution in [0.1, 0.15) is 52.7 Å². The van der Waals surface area contributed by atoms with Gasteiger partial charge in [-0.2, -0.15) is 0 Å². The monoisotopic (exact) mass is 1350 g/mol. The lowest BCUT2D eigenvalue weighted by molar-refractivity contribution is 0.590. The molecule has 0 saturated heterocycles. The number of aromatic nitrogens is 1. The summed E-state index contributed by atoms with van der Waals surface area (Å²) in [6, 6.07) is 134. The van der Waals surface area contributed by atoms with Crippen molar-refractivity contribution in [3.8, 4) is 83.6 Å². The van der Waals surface area contributed by atoms with Crippen LogP contribution in [0.4, 0.5) is 34.1 Å². The third-order valence-corrected chi connectivity index (χ3v) is 22.7. The van der Waals surface area contributed by atoms with Crippen molar-refractivity contribution >= 4 is 111 Å². The van der Waals surface area contributed by atoms with Gasteiger partial charge in [-0.25, -0.2) is 0 Å². The average Bonchev–Trinajstić information content (AvgIpc) is 0.803. The van der Waals surface area contributed by atoms with E-state index in [1.165, 1.54) is 87.2 Å². The molecule has 0 amide bonds. The number of para-hydroxylation sites is 2. The molecule has 1 aromatic heterocycles. The number of benzene rings is 17. The Morgan fingerprint density at radius 3 is 0.972 bits per heavy atom. The van der Waals surface area contributed by atoms with E-state index in [9.17, 15) is 0 Å². The van der Waals surface area contributed by atoms with Crippen LogP contribution in [0.5, 0.6) is 0 Å². The molecule has 0 bridgehead atoms. The standard InChI is InChI=1S/C102H76BN3/c1-101(2,3)79-55-74-47-45-72-53-76(54-73-46-48-75(56-79)97(74)96(72)73)71-49-51-88-92(61-71)105(99-84(67-33-17-9-18-34-67)57-77(65-29-13-7-14-30-65)58-85(99)68-35-19-10-20-36-68)94-62-80(102(4,5)6)63-95-98(94)103(88)89-52-50-81(104-90-43-27-25-41-82(90)83-42-26-28-44-91(83)104)64-93(89)106(95)100-86(69-37-21-11-22-38-69)59-78(66-31-15-8-16-32-66)60-87(100)70-39-23-12-24-40-70/h7-64H,1-6H3. The van der Waals surface area contributed by atoms with Crippen LogP contribution < -0.4 is 26.2 Å². The molecular formula is C102H76BN3. The molecule has 0 saturated carbocycles. The molecule has 0 atom stereocenters. The van der Waals surface area contributed by atoms with E-state index in [0.717, 1.165) is 112 Å². The van der Waals surface area contributed by atoms with E-state index < -0.39 is 0 Å². The number of nitrogens with zero attached hydrogens (tertiary/aromatic N) is 3. The van der Waals surface area contributed by atoms with Crippen molar-refractivity contribution in [2.24, 2.45) is 0 Å². The fourth-order valence-corrected chi connectivity index (χ4v) is 17.5. The average molecular weight is 1350 g/mol. The predicted octanol–water partition coefficient (Wildman–Crippen LogP) is 26.0. The second kappa shape index (κ2) is 24.4. The number of hydrogen-bond acceptors (Lipinski definition) is 2. The molecule has 0 unspecified atom stereocenters. The van der Waals surface area contributed by atoms with Crippen LogP contribution in [-0.4, -0.2) is 11.3 Å². The summed E-state index contributed by atoms with van der Waals surface area (Å²) in [6.07, 6.45) is 0. The van der Waals surface area contributed by atoms with E-state index >= 15 is 0 Å². The topological polar surface area (TPSA) is 11.4 Å². The summed E-state index contributed by atoms with van der Waals surface area (Å²) in [5.41, 5.74) is 32.2. The van der Waals surface area contributed by atoms with Crippen LogP contribution in [0.2, 0.25) is 0 Å². The van der Waals surface area contributed by atoms with Crippen LogP contribution >= 0.6 is 0 Å². The van der Waals surface area contributed by atoms with Gasteiger partial charge in [0.2, 0.25) is 0 Å². The Bertz CT molecular complexity index is 6260. The smallest absolute Gasteiger partial charge is 0.252 e. The van der Waals surface area contributed by atoms with Gasteiger partial charge in [0.25, 0.3) is 6.71 Å². The van der Waals surface area contributed by atoms with Gasteiger partial charge in [0.1, 0.15) is 0 Å². The molecule has 2 aliphatic heterocycles. The predicted molar refractivity (Wildman–Crippen MR) is 454 cm³/mol. The molecule has 17 aromatic carbocycles. The van der Waals surface area contributed by atoms with Crippen molar-refractivity contribution in [2.75, 3.05) is 9.80 Å². The van der Waals surface area contributed by atoms with Gasteiger partial charge >= 0.3 is 0 Å². The summed E-state index contributed by atoms with van der Waals surface area (Å²) in [7, 11) is 0. The zero-order chi connectivity index (χ0) is 71.1. The van der Waals surface area contributed by atoms with Crippen LogP contribution in [0.25, 0.3) is 138 Å². The van der Waals surface area contributed by atoms with Gasteiger partial charge in [-0.3, -0.25) is 0 Å². The zero-order valence-electron chi connectivity index (χ0n) is 60.4. The highest BCUT2D eigenvalue weighted by molar-refractivity contribution is 7.00. The van der Waals surface area contributed by atoms with Gasteiger partial charge in [0.05, 0.1) is 22.4 Å². The van der Waals surface area contributed by atoms with Gasteiger partial charge < -0.3 is 14.4 Å². The lowest BCUT2D eigenvalue weighted by Gasteiger charge is -2.46. The molecule has 502 valence electrons. The largest absolute Gasteiger partial charge is 0.310 e. The summed E-state index contributed by atoms with van der Waals surface area (Å²) < 4.78 is 2.50. The second-order valence-electron chi connectivity index (χ2n) is 31.2. The molecule has 0 aliphatic carbocycles. The number of hydrogen-bond donors (Lipinski definition) is 0. The quantitative estimate of drug-likeness (QED) is 0.0999. The van der Waals surface area contributed by atoms with Gasteiger partial charge in [0, 0.05) is 61.5 Å². The second-order valence-corrected chi connectivity index (χ2v) is 31.2. The summed E-state index contributed by atoms with van der Waals surface area (Å²) in [6.45, 7) is 13.9. The highest BCUT2D eigenvalue weighted by atomic mass is 15.2. The molecule has 106 heavy (non-hydrogen) atoms. The van der Waals surface area contributed by atoms with E-state index in [1.807, 2.05) is 0 Å². The highest BCUT2D eigenvalue weighted by Gasteiger charge is 2.46. The molecule has 0 radical (unpaired) electrons. The molecule has 3 heterocycles. The first-order valence-corrected chi connectivity index (χ1v) is 37.3. The van der Waals surface area contributed by atoms with Crippen molar-refractivity contribution in [3.63, 3.8) is 0 Å². The number of anilines is 6. The Morgan fingerprint density at radius 1 is 0.245 bits per heavy atom. The molecule has 0 N–H and O–H groups in total. The minimum absolute atomic E-state index is 0.0182. The molecule has 0 fully saturated rings. The van der Waals surface area contributed by atoms with Crippen molar-refractivity contribution in [1.82, 2.24) is 4.57 Å². The van der Waals surface area contributed by atoms with Crippen LogP contribution in [0.3, 0.4) is 0 Å². The first-order valence-electron chi connectivity index (χ1n) is 37.3. The van der Waals surface area contributed by atoms with Gasteiger partial charge in [0.15, 0.2) is 0 Å². The maximum atomic E-state index is 2.73. The lowest BCUT2D eigenvalue weighted by atomic mass is 9.33. The van der Waals surface area contributed by atoms with Gasteiger partial charge in [-0.15, -0.1) is 0 Å². The molecule has 18 aromatic rings.